The van der Waals surface area contributed by atoms with E-state index in [9.17, 15) is 14.3 Å². The van der Waals surface area contributed by atoms with E-state index in [4.69, 9.17) is 18.5 Å². The van der Waals surface area contributed by atoms with Crippen LogP contribution >= 0.6 is 7.82 Å². The van der Waals surface area contributed by atoms with Crippen LogP contribution in [-0.4, -0.2) is 75.6 Å². The van der Waals surface area contributed by atoms with Gasteiger partial charge in [0.15, 0.2) is 0 Å². The van der Waals surface area contributed by atoms with Gasteiger partial charge in [-0.2, -0.15) is 0 Å². The van der Waals surface area contributed by atoms with Crippen molar-refractivity contribution in [2.75, 3.05) is 54.1 Å². The first-order chi connectivity index (χ1) is 24.1. The summed E-state index contributed by atoms with van der Waals surface area (Å²) in [5.74, 6) is -0.334. The van der Waals surface area contributed by atoms with Crippen molar-refractivity contribution in [1.82, 2.24) is 0 Å². The van der Waals surface area contributed by atoms with E-state index in [1.165, 1.54) is 89.9 Å². The Hall–Kier alpha value is -1.28. The van der Waals surface area contributed by atoms with Crippen molar-refractivity contribution in [3.63, 3.8) is 0 Å². The van der Waals surface area contributed by atoms with E-state index in [1.807, 2.05) is 21.1 Å². The van der Waals surface area contributed by atoms with Crippen molar-refractivity contribution in [2.45, 2.75) is 168 Å². The number of esters is 1. The van der Waals surface area contributed by atoms with Crippen LogP contribution in [0.3, 0.4) is 0 Å². The highest BCUT2D eigenvalue weighted by Gasteiger charge is 2.26. The molecule has 0 aliphatic rings. The Kier molecular flexibility index (Phi) is 33.9. The normalized spacial score (nSPS) is 14.3. The van der Waals surface area contributed by atoms with Gasteiger partial charge in [0.25, 0.3) is 0 Å². The highest BCUT2D eigenvalue weighted by atomic mass is 31.2. The number of quaternary nitrogens is 1. The minimum atomic E-state index is -4.25. The van der Waals surface area contributed by atoms with Gasteiger partial charge in [0, 0.05) is 13.0 Å². The molecule has 0 radical (unpaired) electrons. The summed E-state index contributed by atoms with van der Waals surface area (Å²) in [5.41, 5.74) is 0. The summed E-state index contributed by atoms with van der Waals surface area (Å²) >= 11 is 0. The second kappa shape index (κ2) is 34.8. The van der Waals surface area contributed by atoms with Gasteiger partial charge in [-0.3, -0.25) is 13.8 Å². The zero-order chi connectivity index (χ0) is 37.0. The minimum Gasteiger partial charge on any atom is -0.457 e. The Bertz CT molecular complexity index is 900. The van der Waals surface area contributed by atoms with Crippen molar-refractivity contribution in [3.8, 4) is 0 Å². The summed E-state index contributed by atoms with van der Waals surface area (Å²) in [6.07, 6.45) is 39.5. The van der Waals surface area contributed by atoms with Gasteiger partial charge in [0.1, 0.15) is 19.3 Å². The van der Waals surface area contributed by atoms with Gasteiger partial charge in [0.05, 0.1) is 34.4 Å². The van der Waals surface area contributed by atoms with E-state index in [2.05, 4.69) is 50.3 Å². The number of likely N-dealkylation sites (N-methyl/N-ethyl adjacent to an activating group) is 1. The molecule has 2 atom stereocenters. The molecule has 0 aliphatic carbocycles. The second-order valence-corrected chi connectivity index (χ2v) is 16.1. The molecule has 0 bridgehead atoms. The summed E-state index contributed by atoms with van der Waals surface area (Å²) in [7, 11) is 1.66. The summed E-state index contributed by atoms with van der Waals surface area (Å²) < 4.78 is 34.6. The van der Waals surface area contributed by atoms with Crippen LogP contribution in [0.25, 0.3) is 0 Å². The van der Waals surface area contributed by atoms with Crippen molar-refractivity contribution in [2.24, 2.45) is 0 Å². The monoisotopic (exact) mass is 729 g/mol. The summed E-state index contributed by atoms with van der Waals surface area (Å²) in [6, 6.07) is 0. The number of phosphoric ester groups is 1. The molecule has 0 fully saturated rings. The molecule has 0 aromatic carbocycles. The Morgan fingerprint density at radius 3 is 1.64 bits per heavy atom. The van der Waals surface area contributed by atoms with Crippen molar-refractivity contribution in [3.05, 3.63) is 36.5 Å². The topological polar surface area (TPSA) is 91.3 Å². The van der Waals surface area contributed by atoms with Gasteiger partial charge in [0.2, 0.25) is 0 Å². The SMILES string of the molecule is CCCCCCC/C=C\C/C=C\C/C=C\CCCCCCCCCCCOCC(COP(=O)(O)OCC[N+](C)(C)C)OC(=O)CCCCCC. The fourth-order valence-electron chi connectivity index (χ4n) is 5.26. The molecule has 1 N–H and O–H groups in total. The second-order valence-electron chi connectivity index (χ2n) is 14.7. The van der Waals surface area contributed by atoms with Crippen LogP contribution in [0.15, 0.2) is 36.5 Å². The van der Waals surface area contributed by atoms with Crippen LogP contribution in [0.2, 0.25) is 0 Å². The standard InChI is InChI=1S/C41H78NO7P/c1-6-8-10-12-13-14-15-16-17-18-19-20-21-22-23-24-25-26-27-28-29-30-31-33-36-46-38-40(49-41(43)34-32-11-9-7-2)39-48-50(44,45)47-37-35-42(3,4)5/h15-16,18-19,21-22,40H,6-14,17,20,23-39H2,1-5H3/p+1/b16-15-,19-18-,22-21-. The summed E-state index contributed by atoms with van der Waals surface area (Å²) in [5, 5.41) is 0. The third kappa shape index (κ3) is 38.0. The lowest BCUT2D eigenvalue weighted by molar-refractivity contribution is -0.870. The maximum absolute atomic E-state index is 12.4. The van der Waals surface area contributed by atoms with E-state index in [0.29, 0.717) is 24.1 Å². The van der Waals surface area contributed by atoms with E-state index in [1.54, 1.807) is 0 Å². The maximum atomic E-state index is 12.4. The highest BCUT2D eigenvalue weighted by molar-refractivity contribution is 7.47. The fraction of sp³-hybridized carbons (Fsp3) is 0.829. The zero-order valence-electron chi connectivity index (χ0n) is 33.1. The molecule has 0 amide bonds. The first-order valence-electron chi connectivity index (χ1n) is 20.2. The number of carbonyl (C=O) groups is 1. The van der Waals surface area contributed by atoms with Gasteiger partial charge in [-0.15, -0.1) is 0 Å². The van der Waals surface area contributed by atoms with Crippen LogP contribution < -0.4 is 0 Å². The molecule has 8 nitrogen and oxygen atoms in total. The van der Waals surface area contributed by atoms with Gasteiger partial charge in [-0.25, -0.2) is 4.57 Å². The Balaban J connectivity index is 3.95. The molecule has 0 spiro atoms. The molecule has 50 heavy (non-hydrogen) atoms. The number of rotatable bonds is 37. The summed E-state index contributed by atoms with van der Waals surface area (Å²) in [4.78, 5) is 22.4. The average Bonchev–Trinajstić information content (AvgIpc) is 3.06. The van der Waals surface area contributed by atoms with Crippen molar-refractivity contribution >= 4 is 13.8 Å². The van der Waals surface area contributed by atoms with E-state index < -0.39 is 13.9 Å². The molecule has 0 aromatic heterocycles. The van der Waals surface area contributed by atoms with Crippen LogP contribution in [0.4, 0.5) is 0 Å². The molecule has 0 saturated carbocycles. The summed E-state index contributed by atoms with van der Waals surface area (Å²) in [6.45, 7) is 5.47. The van der Waals surface area contributed by atoms with Crippen LogP contribution in [0.1, 0.15) is 162 Å². The van der Waals surface area contributed by atoms with Crippen molar-refractivity contribution < 1.29 is 37.3 Å². The molecule has 0 saturated heterocycles. The van der Waals surface area contributed by atoms with E-state index in [0.717, 1.165) is 51.4 Å². The largest absolute Gasteiger partial charge is 0.472 e. The van der Waals surface area contributed by atoms with E-state index in [-0.39, 0.29) is 25.8 Å². The van der Waals surface area contributed by atoms with Crippen molar-refractivity contribution in [1.29, 1.82) is 0 Å². The van der Waals surface area contributed by atoms with E-state index >= 15 is 0 Å². The third-order valence-corrected chi connectivity index (χ3v) is 9.44. The van der Waals surface area contributed by atoms with Crippen LogP contribution in [-0.2, 0) is 27.9 Å². The number of carbonyl (C=O) groups excluding carboxylic acids is 1. The number of phosphoric acid groups is 1. The Morgan fingerprint density at radius 2 is 1.10 bits per heavy atom. The maximum Gasteiger partial charge on any atom is 0.472 e. The van der Waals surface area contributed by atoms with Crippen LogP contribution in [0, 0.1) is 0 Å². The van der Waals surface area contributed by atoms with Gasteiger partial charge in [-0.05, 0) is 51.4 Å². The molecule has 9 heteroatoms. The molecule has 0 heterocycles. The number of ether oxygens (including phenoxy) is 2. The van der Waals surface area contributed by atoms with Gasteiger partial charge < -0.3 is 18.9 Å². The molecular formula is C41H79NO7P+. The third-order valence-electron chi connectivity index (χ3n) is 8.45. The van der Waals surface area contributed by atoms with Crippen LogP contribution in [0.5, 0.6) is 0 Å². The zero-order valence-corrected chi connectivity index (χ0v) is 34.0. The number of unbranched alkanes of at least 4 members (excludes halogenated alkanes) is 17. The molecule has 0 rings (SSSR count). The predicted molar refractivity (Wildman–Crippen MR) is 210 cm³/mol. The number of nitrogens with zero attached hydrogens (tertiary/aromatic N) is 1. The average molecular weight is 729 g/mol. The smallest absolute Gasteiger partial charge is 0.457 e. The lowest BCUT2D eigenvalue weighted by Gasteiger charge is -2.24. The molecule has 2 unspecified atom stereocenters. The highest BCUT2D eigenvalue weighted by Crippen LogP contribution is 2.43. The number of hydrogen-bond donors (Lipinski definition) is 1. The predicted octanol–water partition coefficient (Wildman–Crippen LogP) is 11.4. The number of allylic oxidation sites excluding steroid dienone is 6. The van der Waals surface area contributed by atoms with Gasteiger partial charge >= 0.3 is 13.8 Å². The molecule has 0 aliphatic heterocycles. The lowest BCUT2D eigenvalue weighted by atomic mass is 10.1. The first kappa shape index (κ1) is 48.7. The Labute approximate surface area is 308 Å². The first-order valence-corrected chi connectivity index (χ1v) is 21.7. The molecule has 0 aromatic rings. The minimum absolute atomic E-state index is 0.0869. The Morgan fingerprint density at radius 1 is 0.620 bits per heavy atom. The molecular weight excluding hydrogens is 649 g/mol. The quantitative estimate of drug-likeness (QED) is 0.0224. The fourth-order valence-corrected chi connectivity index (χ4v) is 6.01. The number of hydrogen-bond acceptors (Lipinski definition) is 6. The molecule has 294 valence electrons. The lowest BCUT2D eigenvalue weighted by Crippen LogP contribution is -2.37. The van der Waals surface area contributed by atoms with Gasteiger partial charge in [-0.1, -0.05) is 140 Å².